The zero-order valence-corrected chi connectivity index (χ0v) is 12.4. The number of nitro benzene ring substituents is 1. The topological polar surface area (TPSA) is 116 Å². The Morgan fingerprint density at radius 1 is 1.12 bits per heavy atom. The first kappa shape index (κ1) is 16.9. The smallest absolute Gasteiger partial charge is 0.342 e. The van der Waals surface area contributed by atoms with Gasteiger partial charge in [-0.1, -0.05) is 30.3 Å². The van der Waals surface area contributed by atoms with Crippen LogP contribution >= 0.6 is 0 Å². The molecule has 24 heavy (non-hydrogen) atoms. The number of carboxylic acids is 1. The van der Waals surface area contributed by atoms with Crippen LogP contribution in [0, 0.1) is 10.1 Å². The van der Waals surface area contributed by atoms with E-state index in [0.717, 1.165) is 17.7 Å². The average molecular weight is 331 g/mol. The predicted molar refractivity (Wildman–Crippen MR) is 81.8 cm³/mol. The number of carbonyl (C=O) groups is 2. The molecule has 0 amide bonds. The van der Waals surface area contributed by atoms with Gasteiger partial charge in [-0.05, 0) is 11.6 Å². The van der Waals surface area contributed by atoms with Crippen molar-refractivity contribution in [1.29, 1.82) is 0 Å². The van der Waals surface area contributed by atoms with Crippen LogP contribution in [0.5, 0.6) is 5.75 Å². The lowest BCUT2D eigenvalue weighted by atomic mass is 10.1. The molecule has 0 aliphatic rings. The number of carboxylic acid groups (broad SMARTS) is 1. The minimum absolute atomic E-state index is 0.0270. The monoisotopic (exact) mass is 331 g/mol. The lowest BCUT2D eigenvalue weighted by Crippen LogP contribution is -2.13. The van der Waals surface area contributed by atoms with Gasteiger partial charge in [-0.3, -0.25) is 10.1 Å². The molecule has 0 atom stereocenters. The van der Waals surface area contributed by atoms with E-state index in [9.17, 15) is 19.7 Å². The second-order valence-corrected chi connectivity index (χ2v) is 4.68. The van der Waals surface area contributed by atoms with Gasteiger partial charge in [0.1, 0.15) is 17.9 Å². The molecule has 1 N–H and O–H groups in total. The highest BCUT2D eigenvalue weighted by molar-refractivity contribution is 5.93. The predicted octanol–water partition coefficient (Wildman–Crippen LogP) is 2.42. The third kappa shape index (κ3) is 4.54. The van der Waals surface area contributed by atoms with Gasteiger partial charge in [-0.25, -0.2) is 9.59 Å². The first-order valence-corrected chi connectivity index (χ1v) is 6.81. The molecule has 0 saturated heterocycles. The second-order valence-electron chi connectivity index (χ2n) is 4.68. The number of hydrogen-bond donors (Lipinski definition) is 1. The van der Waals surface area contributed by atoms with Crippen LogP contribution in [-0.4, -0.2) is 28.6 Å². The summed E-state index contributed by atoms with van der Waals surface area (Å²) in [5.41, 5.74) is 0.204. The minimum Gasteiger partial charge on any atom is -0.481 e. The molecule has 0 unspecified atom stereocenters. The van der Waals surface area contributed by atoms with Crippen LogP contribution in [0.25, 0.3) is 0 Å². The first-order chi connectivity index (χ1) is 11.5. The van der Waals surface area contributed by atoms with E-state index in [2.05, 4.69) is 0 Å². The summed E-state index contributed by atoms with van der Waals surface area (Å²) >= 11 is 0. The van der Waals surface area contributed by atoms with Crippen LogP contribution in [0.4, 0.5) is 5.69 Å². The van der Waals surface area contributed by atoms with Crippen molar-refractivity contribution in [2.24, 2.45) is 0 Å². The average Bonchev–Trinajstić information content (AvgIpc) is 2.58. The number of carbonyl (C=O) groups excluding carboxylic acids is 1. The number of aliphatic carboxylic acids is 1. The Morgan fingerprint density at radius 3 is 2.46 bits per heavy atom. The highest BCUT2D eigenvalue weighted by Crippen LogP contribution is 2.25. The zero-order chi connectivity index (χ0) is 17.5. The quantitative estimate of drug-likeness (QED) is 0.470. The molecule has 0 fully saturated rings. The van der Waals surface area contributed by atoms with E-state index in [1.807, 2.05) is 6.07 Å². The molecule has 0 heterocycles. The van der Waals surface area contributed by atoms with Gasteiger partial charge < -0.3 is 14.6 Å². The van der Waals surface area contributed by atoms with Crippen molar-refractivity contribution in [3.63, 3.8) is 0 Å². The standard InChI is InChI=1S/C16H13NO7/c18-15(19)10-23-14-7-6-12(17(21)22)8-13(14)16(20)24-9-11-4-2-1-3-5-11/h1-8H,9-10H2,(H,18,19). The Bertz CT molecular complexity index is 758. The van der Waals surface area contributed by atoms with Gasteiger partial charge in [0.15, 0.2) is 6.61 Å². The van der Waals surface area contributed by atoms with Crippen LogP contribution in [-0.2, 0) is 16.1 Å². The number of ether oxygens (including phenoxy) is 2. The van der Waals surface area contributed by atoms with Gasteiger partial charge in [0.25, 0.3) is 5.69 Å². The Balaban J connectivity index is 2.20. The van der Waals surface area contributed by atoms with Crippen molar-refractivity contribution in [2.75, 3.05) is 6.61 Å². The Hall–Kier alpha value is -3.42. The van der Waals surface area contributed by atoms with Crippen molar-refractivity contribution in [1.82, 2.24) is 0 Å². The molecule has 0 aliphatic carbocycles. The van der Waals surface area contributed by atoms with Crippen molar-refractivity contribution < 1.29 is 29.1 Å². The minimum atomic E-state index is -1.24. The summed E-state index contributed by atoms with van der Waals surface area (Å²) in [5.74, 6) is -2.18. The molecule has 0 aromatic heterocycles. The van der Waals surface area contributed by atoms with Gasteiger partial charge in [0.2, 0.25) is 0 Å². The van der Waals surface area contributed by atoms with Crippen LogP contribution in [0.1, 0.15) is 15.9 Å². The molecule has 0 aliphatic heterocycles. The van der Waals surface area contributed by atoms with E-state index in [1.165, 1.54) is 6.07 Å². The maximum atomic E-state index is 12.2. The summed E-state index contributed by atoms with van der Waals surface area (Å²) in [7, 11) is 0. The van der Waals surface area contributed by atoms with Crippen LogP contribution < -0.4 is 4.74 Å². The number of rotatable bonds is 7. The van der Waals surface area contributed by atoms with E-state index >= 15 is 0 Å². The van der Waals surface area contributed by atoms with E-state index in [-0.39, 0.29) is 23.6 Å². The maximum absolute atomic E-state index is 12.2. The molecule has 0 bridgehead atoms. The summed E-state index contributed by atoms with van der Waals surface area (Å²) in [6.07, 6.45) is 0. The summed E-state index contributed by atoms with van der Waals surface area (Å²) in [6.45, 7) is -0.711. The summed E-state index contributed by atoms with van der Waals surface area (Å²) in [6, 6.07) is 12.1. The molecule has 2 aromatic rings. The number of non-ortho nitro benzene ring substituents is 1. The molecule has 0 radical (unpaired) electrons. The molecule has 8 heteroatoms. The molecular weight excluding hydrogens is 318 g/mol. The SMILES string of the molecule is O=C(O)COc1ccc([N+](=O)[O-])cc1C(=O)OCc1ccccc1. The molecule has 124 valence electrons. The fourth-order valence-corrected chi connectivity index (χ4v) is 1.86. The zero-order valence-electron chi connectivity index (χ0n) is 12.4. The van der Waals surface area contributed by atoms with Gasteiger partial charge in [0.05, 0.1) is 4.92 Å². The normalized spacial score (nSPS) is 10.0. The molecule has 0 saturated carbocycles. The maximum Gasteiger partial charge on any atom is 0.342 e. The van der Waals surface area contributed by atoms with E-state index in [0.29, 0.717) is 0 Å². The summed E-state index contributed by atoms with van der Waals surface area (Å²) < 4.78 is 10.1. The highest BCUT2D eigenvalue weighted by atomic mass is 16.6. The summed E-state index contributed by atoms with van der Waals surface area (Å²) in [5, 5.41) is 19.5. The van der Waals surface area contributed by atoms with Crippen molar-refractivity contribution >= 4 is 17.6 Å². The number of esters is 1. The second kappa shape index (κ2) is 7.73. The first-order valence-electron chi connectivity index (χ1n) is 6.81. The molecule has 8 nitrogen and oxygen atoms in total. The number of hydrogen-bond acceptors (Lipinski definition) is 6. The molecule has 0 spiro atoms. The fourth-order valence-electron chi connectivity index (χ4n) is 1.86. The Labute approximate surface area is 136 Å². The van der Waals surface area contributed by atoms with Crippen molar-refractivity contribution in [2.45, 2.75) is 6.61 Å². The van der Waals surface area contributed by atoms with E-state index in [1.54, 1.807) is 24.3 Å². The van der Waals surface area contributed by atoms with Gasteiger partial charge in [-0.2, -0.15) is 0 Å². The fraction of sp³-hybridized carbons (Fsp3) is 0.125. The number of nitro groups is 1. The van der Waals surface area contributed by atoms with Crippen molar-refractivity contribution in [3.05, 3.63) is 69.8 Å². The van der Waals surface area contributed by atoms with Gasteiger partial charge >= 0.3 is 11.9 Å². The van der Waals surface area contributed by atoms with Gasteiger partial charge in [-0.15, -0.1) is 0 Å². The molecule has 2 rings (SSSR count). The molecular formula is C16H13NO7. The lowest BCUT2D eigenvalue weighted by molar-refractivity contribution is -0.384. The number of nitrogens with zero attached hydrogens (tertiary/aromatic N) is 1. The van der Waals surface area contributed by atoms with Crippen molar-refractivity contribution in [3.8, 4) is 5.75 Å². The summed E-state index contributed by atoms with van der Waals surface area (Å²) in [4.78, 5) is 33.0. The third-order valence-corrected chi connectivity index (χ3v) is 2.96. The lowest BCUT2D eigenvalue weighted by Gasteiger charge is -2.10. The van der Waals surface area contributed by atoms with Gasteiger partial charge in [0, 0.05) is 12.1 Å². The highest BCUT2D eigenvalue weighted by Gasteiger charge is 2.20. The van der Waals surface area contributed by atoms with Crippen LogP contribution in [0.15, 0.2) is 48.5 Å². The Morgan fingerprint density at radius 2 is 1.83 bits per heavy atom. The largest absolute Gasteiger partial charge is 0.481 e. The van der Waals surface area contributed by atoms with Crippen LogP contribution in [0.2, 0.25) is 0 Å². The van der Waals surface area contributed by atoms with E-state index in [4.69, 9.17) is 14.6 Å². The number of benzene rings is 2. The third-order valence-electron chi connectivity index (χ3n) is 2.96. The Kier molecular flexibility index (Phi) is 5.45. The molecule has 2 aromatic carbocycles. The van der Waals surface area contributed by atoms with E-state index < -0.39 is 23.5 Å². The van der Waals surface area contributed by atoms with Crippen LogP contribution in [0.3, 0.4) is 0 Å².